The third kappa shape index (κ3) is 2.87. The first-order valence-electron chi connectivity index (χ1n) is 5.85. The van der Waals surface area contributed by atoms with Crippen molar-refractivity contribution in [2.75, 3.05) is 5.32 Å². The molecule has 1 N–H and O–H groups in total. The second-order valence-electron chi connectivity index (χ2n) is 5.34. The van der Waals surface area contributed by atoms with Crippen molar-refractivity contribution in [1.82, 2.24) is 9.78 Å². The minimum Gasteiger partial charge on any atom is -0.365 e. The molecule has 0 fully saturated rings. The van der Waals surface area contributed by atoms with Crippen LogP contribution in [0.5, 0.6) is 0 Å². The Labute approximate surface area is 102 Å². The molecule has 1 aromatic carbocycles. The predicted molar refractivity (Wildman–Crippen MR) is 71.7 cm³/mol. The first-order chi connectivity index (χ1) is 7.96. The molecule has 1 aromatic heterocycles. The van der Waals surface area contributed by atoms with Crippen molar-refractivity contribution in [3.63, 3.8) is 0 Å². The Morgan fingerprint density at radius 3 is 2.29 bits per heavy atom. The van der Waals surface area contributed by atoms with E-state index in [1.54, 1.807) is 0 Å². The van der Waals surface area contributed by atoms with Gasteiger partial charge in [-0.05, 0) is 39.8 Å². The quantitative estimate of drug-likeness (QED) is 0.855. The fourth-order valence-electron chi connectivity index (χ4n) is 1.67. The van der Waals surface area contributed by atoms with E-state index in [2.05, 4.69) is 62.4 Å². The van der Waals surface area contributed by atoms with Gasteiger partial charge in [0.1, 0.15) is 5.82 Å². The number of rotatable bonds is 2. The van der Waals surface area contributed by atoms with Crippen LogP contribution < -0.4 is 5.32 Å². The van der Waals surface area contributed by atoms with Gasteiger partial charge in [-0.3, -0.25) is 0 Å². The Balaban J connectivity index is 2.33. The minimum atomic E-state index is 0.0302. The average Bonchev–Trinajstić information content (AvgIpc) is 2.64. The highest BCUT2D eigenvalue weighted by Gasteiger charge is 2.13. The average molecular weight is 229 g/mol. The summed E-state index contributed by atoms with van der Waals surface area (Å²) in [5, 5.41) is 7.80. The number of benzene rings is 1. The van der Waals surface area contributed by atoms with Gasteiger partial charge in [0.05, 0.1) is 11.9 Å². The molecule has 17 heavy (non-hydrogen) atoms. The zero-order valence-corrected chi connectivity index (χ0v) is 10.9. The van der Waals surface area contributed by atoms with Gasteiger partial charge in [-0.25, -0.2) is 4.68 Å². The number of nitrogens with one attached hydrogen (secondary N) is 1. The number of anilines is 1. The molecule has 3 heteroatoms. The fourth-order valence-corrected chi connectivity index (χ4v) is 1.67. The Morgan fingerprint density at radius 2 is 1.71 bits per heavy atom. The Morgan fingerprint density at radius 1 is 1.06 bits per heavy atom. The van der Waals surface area contributed by atoms with E-state index in [1.807, 2.05) is 16.9 Å². The van der Waals surface area contributed by atoms with Crippen molar-refractivity contribution in [1.29, 1.82) is 0 Å². The summed E-state index contributed by atoms with van der Waals surface area (Å²) in [5.41, 5.74) is 2.36. The fraction of sp³-hybridized carbons (Fsp3) is 0.357. The topological polar surface area (TPSA) is 29.9 Å². The van der Waals surface area contributed by atoms with Gasteiger partial charge in [-0.2, -0.15) is 5.10 Å². The van der Waals surface area contributed by atoms with Crippen LogP contribution in [0.15, 0.2) is 36.5 Å². The largest absolute Gasteiger partial charge is 0.365 e. The molecule has 3 nitrogen and oxygen atoms in total. The predicted octanol–water partition coefficient (Wildman–Crippen LogP) is 3.39. The maximum atomic E-state index is 4.35. The molecule has 1 heterocycles. The lowest BCUT2D eigenvalue weighted by Crippen LogP contribution is -2.27. The normalized spacial score (nSPS) is 11.5. The first kappa shape index (κ1) is 11.7. The van der Waals surface area contributed by atoms with Crippen molar-refractivity contribution < 1.29 is 0 Å². The SMILES string of the molecule is Cc1ccc(-n2nccc2NC(C)(C)C)cc1. The van der Waals surface area contributed by atoms with Gasteiger partial charge < -0.3 is 5.32 Å². The Kier molecular flexibility index (Phi) is 2.92. The van der Waals surface area contributed by atoms with Crippen LogP contribution in [0.1, 0.15) is 26.3 Å². The molecule has 2 aromatic rings. The molecular weight excluding hydrogens is 210 g/mol. The number of nitrogens with zero attached hydrogens (tertiary/aromatic N) is 2. The zero-order valence-electron chi connectivity index (χ0n) is 10.9. The van der Waals surface area contributed by atoms with Crippen LogP contribution in [0.25, 0.3) is 5.69 Å². The molecule has 0 atom stereocenters. The summed E-state index contributed by atoms with van der Waals surface area (Å²) in [6, 6.07) is 10.3. The summed E-state index contributed by atoms with van der Waals surface area (Å²) < 4.78 is 1.92. The molecule has 0 unspecified atom stereocenters. The molecule has 2 rings (SSSR count). The minimum absolute atomic E-state index is 0.0302. The molecule has 0 spiro atoms. The van der Waals surface area contributed by atoms with Crippen LogP contribution >= 0.6 is 0 Å². The van der Waals surface area contributed by atoms with Gasteiger partial charge in [0.15, 0.2) is 0 Å². The van der Waals surface area contributed by atoms with Crippen LogP contribution in [-0.2, 0) is 0 Å². The van der Waals surface area contributed by atoms with Crippen molar-refractivity contribution in [2.24, 2.45) is 0 Å². The number of hydrogen-bond donors (Lipinski definition) is 1. The molecule has 0 aliphatic carbocycles. The highest BCUT2D eigenvalue weighted by Crippen LogP contribution is 2.18. The third-order valence-corrected chi connectivity index (χ3v) is 2.42. The van der Waals surface area contributed by atoms with Crippen LogP contribution in [0, 0.1) is 6.92 Å². The van der Waals surface area contributed by atoms with Crippen molar-refractivity contribution in [3.05, 3.63) is 42.1 Å². The second kappa shape index (κ2) is 4.24. The number of aromatic nitrogens is 2. The molecule has 0 radical (unpaired) electrons. The van der Waals surface area contributed by atoms with E-state index in [0.29, 0.717) is 0 Å². The summed E-state index contributed by atoms with van der Waals surface area (Å²) in [6.07, 6.45) is 1.81. The maximum absolute atomic E-state index is 4.35. The maximum Gasteiger partial charge on any atom is 0.130 e. The van der Waals surface area contributed by atoms with Gasteiger partial charge >= 0.3 is 0 Å². The van der Waals surface area contributed by atoms with E-state index >= 15 is 0 Å². The van der Waals surface area contributed by atoms with E-state index < -0.39 is 0 Å². The van der Waals surface area contributed by atoms with E-state index in [1.165, 1.54) is 5.56 Å². The summed E-state index contributed by atoms with van der Waals surface area (Å²) in [7, 11) is 0. The smallest absolute Gasteiger partial charge is 0.130 e. The van der Waals surface area contributed by atoms with Crippen molar-refractivity contribution >= 4 is 5.82 Å². The molecule has 90 valence electrons. The number of aryl methyl sites for hydroxylation is 1. The molecule has 0 amide bonds. The van der Waals surface area contributed by atoms with Gasteiger partial charge in [0, 0.05) is 11.6 Å². The standard InChI is InChI=1S/C14H19N3/c1-11-5-7-12(8-6-11)17-13(9-10-15-17)16-14(2,3)4/h5-10,16H,1-4H3. The summed E-state index contributed by atoms with van der Waals surface area (Å²) in [4.78, 5) is 0. The monoisotopic (exact) mass is 229 g/mol. The van der Waals surface area contributed by atoms with Crippen LogP contribution in [0.3, 0.4) is 0 Å². The van der Waals surface area contributed by atoms with Crippen molar-refractivity contribution in [2.45, 2.75) is 33.2 Å². The lowest BCUT2D eigenvalue weighted by Gasteiger charge is -2.22. The molecule has 0 bridgehead atoms. The molecule has 0 aliphatic rings. The first-order valence-corrected chi connectivity index (χ1v) is 5.85. The van der Waals surface area contributed by atoms with Gasteiger partial charge in [-0.1, -0.05) is 17.7 Å². The summed E-state index contributed by atoms with van der Waals surface area (Å²) in [5.74, 6) is 1.02. The molecule has 0 aliphatic heterocycles. The van der Waals surface area contributed by atoms with Crippen molar-refractivity contribution in [3.8, 4) is 5.69 Å². The molecular formula is C14H19N3. The van der Waals surface area contributed by atoms with E-state index in [0.717, 1.165) is 11.5 Å². The third-order valence-electron chi connectivity index (χ3n) is 2.42. The lowest BCUT2D eigenvalue weighted by atomic mass is 10.1. The van der Waals surface area contributed by atoms with E-state index in [9.17, 15) is 0 Å². The lowest BCUT2D eigenvalue weighted by molar-refractivity contribution is 0.624. The molecule has 0 saturated carbocycles. The highest BCUT2D eigenvalue weighted by molar-refractivity contribution is 5.46. The summed E-state index contributed by atoms with van der Waals surface area (Å²) in [6.45, 7) is 8.50. The number of hydrogen-bond acceptors (Lipinski definition) is 2. The molecule has 0 saturated heterocycles. The van der Waals surface area contributed by atoms with E-state index in [4.69, 9.17) is 0 Å². The van der Waals surface area contributed by atoms with Gasteiger partial charge in [0.25, 0.3) is 0 Å². The van der Waals surface area contributed by atoms with E-state index in [-0.39, 0.29) is 5.54 Å². The zero-order chi connectivity index (χ0) is 12.5. The summed E-state index contributed by atoms with van der Waals surface area (Å²) >= 11 is 0. The second-order valence-corrected chi connectivity index (χ2v) is 5.34. The Hall–Kier alpha value is -1.77. The van der Waals surface area contributed by atoms with Crippen LogP contribution in [-0.4, -0.2) is 15.3 Å². The highest BCUT2D eigenvalue weighted by atomic mass is 15.3. The van der Waals surface area contributed by atoms with Crippen LogP contribution in [0.4, 0.5) is 5.82 Å². The van der Waals surface area contributed by atoms with Gasteiger partial charge in [0.2, 0.25) is 0 Å². The van der Waals surface area contributed by atoms with Gasteiger partial charge in [-0.15, -0.1) is 0 Å². The Bertz CT molecular complexity index is 489. The van der Waals surface area contributed by atoms with Crippen LogP contribution in [0.2, 0.25) is 0 Å².